The number of hydrogen-bond donors (Lipinski definition) is 0. The van der Waals surface area contributed by atoms with E-state index in [2.05, 4.69) is 74.2 Å². The molecule has 1 aliphatic heterocycles. The van der Waals surface area contributed by atoms with Gasteiger partial charge in [-0.1, -0.05) is 63.2 Å². The summed E-state index contributed by atoms with van der Waals surface area (Å²) in [6.45, 7) is 11.6. The maximum absolute atomic E-state index is 5.43. The van der Waals surface area contributed by atoms with Crippen molar-refractivity contribution in [2.45, 2.75) is 32.7 Å². The zero-order valence-electron chi connectivity index (χ0n) is 14.5. The Morgan fingerprint density at radius 1 is 0.913 bits per heavy atom. The predicted molar refractivity (Wildman–Crippen MR) is 96.7 cm³/mol. The minimum atomic E-state index is 0.205. The van der Waals surface area contributed by atoms with E-state index in [4.69, 9.17) is 4.74 Å². The SMILES string of the molecule is CC(C)(C)c1ccc(-c2cccc(CN3CCOCC3)c2)cc1. The lowest BCUT2D eigenvalue weighted by molar-refractivity contribution is 0.0342. The average Bonchev–Trinajstić information content (AvgIpc) is 2.55. The summed E-state index contributed by atoms with van der Waals surface area (Å²) in [7, 11) is 0. The average molecular weight is 309 g/mol. The number of benzene rings is 2. The van der Waals surface area contributed by atoms with Gasteiger partial charge in [0.2, 0.25) is 0 Å². The molecule has 2 nitrogen and oxygen atoms in total. The number of ether oxygens (including phenoxy) is 1. The van der Waals surface area contributed by atoms with Gasteiger partial charge in [0.25, 0.3) is 0 Å². The summed E-state index contributed by atoms with van der Waals surface area (Å²) in [5.41, 5.74) is 5.56. The van der Waals surface area contributed by atoms with Gasteiger partial charge in [0.05, 0.1) is 13.2 Å². The van der Waals surface area contributed by atoms with Gasteiger partial charge in [0, 0.05) is 19.6 Å². The monoisotopic (exact) mass is 309 g/mol. The van der Waals surface area contributed by atoms with Crippen molar-refractivity contribution in [1.82, 2.24) is 4.90 Å². The Bertz CT molecular complexity index is 634. The molecule has 3 rings (SSSR count). The number of nitrogens with zero attached hydrogens (tertiary/aromatic N) is 1. The smallest absolute Gasteiger partial charge is 0.0594 e. The summed E-state index contributed by atoms with van der Waals surface area (Å²) in [4.78, 5) is 2.46. The van der Waals surface area contributed by atoms with Crippen molar-refractivity contribution in [3.8, 4) is 11.1 Å². The summed E-state index contributed by atoms with van der Waals surface area (Å²) < 4.78 is 5.43. The standard InChI is InChI=1S/C21H27NO/c1-21(2,3)20-9-7-18(8-10-20)19-6-4-5-17(15-19)16-22-11-13-23-14-12-22/h4-10,15H,11-14,16H2,1-3H3. The molecule has 0 saturated carbocycles. The third-order valence-electron chi connectivity index (χ3n) is 4.52. The normalized spacial score (nSPS) is 16.5. The quantitative estimate of drug-likeness (QED) is 0.828. The molecule has 1 fully saturated rings. The lowest BCUT2D eigenvalue weighted by atomic mass is 9.86. The Kier molecular flexibility index (Phi) is 4.84. The highest BCUT2D eigenvalue weighted by Gasteiger charge is 2.14. The zero-order valence-corrected chi connectivity index (χ0v) is 14.5. The van der Waals surface area contributed by atoms with E-state index in [-0.39, 0.29) is 5.41 Å². The fourth-order valence-electron chi connectivity index (χ4n) is 3.03. The van der Waals surface area contributed by atoms with E-state index >= 15 is 0 Å². The Morgan fingerprint density at radius 3 is 2.26 bits per heavy atom. The lowest BCUT2D eigenvalue weighted by Gasteiger charge is -2.26. The first-order chi connectivity index (χ1) is 11.0. The van der Waals surface area contributed by atoms with Gasteiger partial charge >= 0.3 is 0 Å². The molecule has 2 heteroatoms. The van der Waals surface area contributed by atoms with E-state index in [0.717, 1.165) is 32.8 Å². The second-order valence-corrected chi connectivity index (χ2v) is 7.42. The fourth-order valence-corrected chi connectivity index (χ4v) is 3.03. The first-order valence-corrected chi connectivity index (χ1v) is 8.52. The first-order valence-electron chi connectivity index (χ1n) is 8.52. The van der Waals surface area contributed by atoms with E-state index in [0.29, 0.717) is 0 Å². The molecule has 0 N–H and O–H groups in total. The molecule has 0 bridgehead atoms. The van der Waals surface area contributed by atoms with Crippen LogP contribution >= 0.6 is 0 Å². The van der Waals surface area contributed by atoms with Crippen molar-refractivity contribution in [3.63, 3.8) is 0 Å². The molecule has 0 spiro atoms. The van der Waals surface area contributed by atoms with Gasteiger partial charge in [0.1, 0.15) is 0 Å². The second-order valence-electron chi connectivity index (χ2n) is 7.42. The molecule has 2 aromatic rings. The molecule has 1 heterocycles. The molecule has 0 aromatic heterocycles. The minimum Gasteiger partial charge on any atom is -0.379 e. The highest BCUT2D eigenvalue weighted by atomic mass is 16.5. The van der Waals surface area contributed by atoms with E-state index in [9.17, 15) is 0 Å². The summed E-state index contributed by atoms with van der Waals surface area (Å²) in [5, 5.41) is 0. The van der Waals surface area contributed by atoms with Gasteiger partial charge in [-0.2, -0.15) is 0 Å². The lowest BCUT2D eigenvalue weighted by Crippen LogP contribution is -2.35. The Hall–Kier alpha value is -1.64. The van der Waals surface area contributed by atoms with Crippen LogP contribution in [0.2, 0.25) is 0 Å². The van der Waals surface area contributed by atoms with E-state index in [1.165, 1.54) is 22.3 Å². The largest absolute Gasteiger partial charge is 0.379 e. The topological polar surface area (TPSA) is 12.5 Å². The fraction of sp³-hybridized carbons (Fsp3) is 0.429. The van der Waals surface area contributed by atoms with Crippen LogP contribution in [-0.4, -0.2) is 31.2 Å². The molecule has 1 aliphatic rings. The molecule has 0 amide bonds. The molecule has 0 aliphatic carbocycles. The van der Waals surface area contributed by atoms with Crippen molar-refractivity contribution in [2.75, 3.05) is 26.3 Å². The van der Waals surface area contributed by atoms with Crippen molar-refractivity contribution in [2.24, 2.45) is 0 Å². The number of morpholine rings is 1. The van der Waals surface area contributed by atoms with Gasteiger partial charge < -0.3 is 4.74 Å². The molecule has 0 unspecified atom stereocenters. The van der Waals surface area contributed by atoms with Crippen LogP contribution in [0.1, 0.15) is 31.9 Å². The Labute approximate surface area is 140 Å². The van der Waals surface area contributed by atoms with Gasteiger partial charge in [-0.15, -0.1) is 0 Å². The molecule has 2 aromatic carbocycles. The highest BCUT2D eigenvalue weighted by Crippen LogP contribution is 2.26. The van der Waals surface area contributed by atoms with Crippen molar-refractivity contribution in [1.29, 1.82) is 0 Å². The molecule has 122 valence electrons. The van der Waals surface area contributed by atoms with Crippen LogP contribution in [0.3, 0.4) is 0 Å². The maximum atomic E-state index is 5.43. The van der Waals surface area contributed by atoms with E-state index in [1.54, 1.807) is 0 Å². The van der Waals surface area contributed by atoms with Crippen LogP contribution in [0.4, 0.5) is 0 Å². The van der Waals surface area contributed by atoms with Crippen LogP contribution in [-0.2, 0) is 16.7 Å². The third kappa shape index (κ3) is 4.21. The molecular weight excluding hydrogens is 282 g/mol. The number of hydrogen-bond acceptors (Lipinski definition) is 2. The van der Waals surface area contributed by atoms with Gasteiger partial charge in [0.15, 0.2) is 0 Å². The third-order valence-corrected chi connectivity index (χ3v) is 4.52. The molecule has 1 saturated heterocycles. The van der Waals surface area contributed by atoms with E-state index < -0.39 is 0 Å². The first kappa shape index (κ1) is 16.2. The summed E-state index contributed by atoms with van der Waals surface area (Å²) in [5.74, 6) is 0. The molecular formula is C21H27NO. The van der Waals surface area contributed by atoms with Crippen molar-refractivity contribution >= 4 is 0 Å². The Balaban J connectivity index is 1.76. The van der Waals surface area contributed by atoms with Gasteiger partial charge in [-0.05, 0) is 33.7 Å². The minimum absolute atomic E-state index is 0.205. The maximum Gasteiger partial charge on any atom is 0.0594 e. The van der Waals surface area contributed by atoms with Crippen LogP contribution < -0.4 is 0 Å². The summed E-state index contributed by atoms with van der Waals surface area (Å²) >= 11 is 0. The molecule has 23 heavy (non-hydrogen) atoms. The van der Waals surface area contributed by atoms with Gasteiger partial charge in [-0.25, -0.2) is 0 Å². The van der Waals surface area contributed by atoms with E-state index in [1.807, 2.05) is 0 Å². The van der Waals surface area contributed by atoms with Crippen LogP contribution in [0.15, 0.2) is 48.5 Å². The van der Waals surface area contributed by atoms with Crippen LogP contribution in [0.5, 0.6) is 0 Å². The van der Waals surface area contributed by atoms with Crippen molar-refractivity contribution < 1.29 is 4.74 Å². The predicted octanol–water partition coefficient (Wildman–Crippen LogP) is 4.48. The molecule has 0 atom stereocenters. The zero-order chi connectivity index (χ0) is 16.3. The highest BCUT2D eigenvalue weighted by molar-refractivity contribution is 5.64. The summed E-state index contributed by atoms with van der Waals surface area (Å²) in [6, 6.07) is 17.9. The summed E-state index contributed by atoms with van der Waals surface area (Å²) in [6.07, 6.45) is 0. The van der Waals surface area contributed by atoms with Crippen molar-refractivity contribution in [3.05, 3.63) is 59.7 Å². The van der Waals surface area contributed by atoms with Crippen LogP contribution in [0.25, 0.3) is 11.1 Å². The number of rotatable bonds is 3. The van der Waals surface area contributed by atoms with Crippen LogP contribution in [0, 0.1) is 0 Å². The van der Waals surface area contributed by atoms with Gasteiger partial charge in [-0.3, -0.25) is 4.90 Å². The Morgan fingerprint density at radius 2 is 1.61 bits per heavy atom. The second kappa shape index (κ2) is 6.86. The molecule has 0 radical (unpaired) electrons.